The second-order valence-electron chi connectivity index (χ2n) is 5.20. The summed E-state index contributed by atoms with van der Waals surface area (Å²) in [4.78, 5) is 20.8. The average molecular weight is 251 g/mol. The van der Waals surface area contributed by atoms with Crippen molar-refractivity contribution in [2.24, 2.45) is 0 Å². The molecule has 0 spiro atoms. The monoisotopic (exact) mass is 251 g/mol. The molecule has 0 saturated carbocycles. The van der Waals surface area contributed by atoms with Gasteiger partial charge in [-0.05, 0) is 13.0 Å². The number of carbonyl (C=O) groups is 1. The Hall–Kier alpha value is -1.36. The van der Waals surface area contributed by atoms with Gasteiger partial charge in [-0.2, -0.15) is 0 Å². The molecule has 5 heteroatoms. The zero-order valence-corrected chi connectivity index (χ0v) is 11.6. The molecule has 1 fully saturated rings. The SMILES string of the molecule is Cc1nc(C(C)C)c(C(=O)N2CCN(C)CC2)o1. The fourth-order valence-corrected chi connectivity index (χ4v) is 2.14. The van der Waals surface area contributed by atoms with E-state index in [9.17, 15) is 4.79 Å². The van der Waals surface area contributed by atoms with E-state index in [1.54, 1.807) is 6.92 Å². The number of oxazole rings is 1. The van der Waals surface area contributed by atoms with E-state index < -0.39 is 0 Å². The van der Waals surface area contributed by atoms with E-state index in [0.29, 0.717) is 11.7 Å². The number of likely N-dealkylation sites (N-methyl/N-ethyl adjacent to an activating group) is 1. The highest BCUT2D eigenvalue weighted by Crippen LogP contribution is 2.21. The number of piperazine rings is 1. The highest BCUT2D eigenvalue weighted by Gasteiger charge is 2.27. The third-order valence-corrected chi connectivity index (χ3v) is 3.29. The van der Waals surface area contributed by atoms with Crippen molar-refractivity contribution < 1.29 is 9.21 Å². The van der Waals surface area contributed by atoms with Crippen molar-refractivity contribution >= 4 is 5.91 Å². The summed E-state index contributed by atoms with van der Waals surface area (Å²) in [6.45, 7) is 9.17. The number of nitrogens with zero attached hydrogens (tertiary/aromatic N) is 3. The molecule has 1 aromatic heterocycles. The molecular formula is C13H21N3O2. The molecule has 2 rings (SSSR count). The number of carbonyl (C=O) groups excluding carboxylic acids is 1. The minimum absolute atomic E-state index is 0.0209. The molecule has 1 aromatic rings. The maximum atomic E-state index is 12.4. The summed E-state index contributed by atoms with van der Waals surface area (Å²) >= 11 is 0. The minimum atomic E-state index is -0.0209. The van der Waals surface area contributed by atoms with E-state index in [-0.39, 0.29) is 11.8 Å². The van der Waals surface area contributed by atoms with Gasteiger partial charge in [0.05, 0.1) is 5.69 Å². The summed E-state index contributed by atoms with van der Waals surface area (Å²) in [6.07, 6.45) is 0. The van der Waals surface area contributed by atoms with E-state index in [1.165, 1.54) is 0 Å². The zero-order valence-electron chi connectivity index (χ0n) is 11.6. The number of amides is 1. The van der Waals surface area contributed by atoms with Crippen molar-refractivity contribution in [1.29, 1.82) is 0 Å². The van der Waals surface area contributed by atoms with Crippen molar-refractivity contribution in [1.82, 2.24) is 14.8 Å². The predicted molar refractivity (Wildman–Crippen MR) is 68.7 cm³/mol. The number of hydrogen-bond acceptors (Lipinski definition) is 4. The van der Waals surface area contributed by atoms with Crippen LogP contribution in [-0.4, -0.2) is 53.9 Å². The topological polar surface area (TPSA) is 49.6 Å². The second kappa shape index (κ2) is 5.10. The van der Waals surface area contributed by atoms with Crippen LogP contribution in [0.1, 0.15) is 41.9 Å². The Morgan fingerprint density at radius 1 is 1.28 bits per heavy atom. The van der Waals surface area contributed by atoms with Gasteiger partial charge in [-0.3, -0.25) is 4.79 Å². The number of aryl methyl sites for hydroxylation is 1. The average Bonchev–Trinajstić information content (AvgIpc) is 2.71. The molecule has 0 N–H and O–H groups in total. The first kappa shape index (κ1) is 13.1. The fourth-order valence-electron chi connectivity index (χ4n) is 2.14. The summed E-state index contributed by atoms with van der Waals surface area (Å²) in [5, 5.41) is 0. The third kappa shape index (κ3) is 2.56. The second-order valence-corrected chi connectivity index (χ2v) is 5.20. The van der Waals surface area contributed by atoms with Gasteiger partial charge in [0.1, 0.15) is 0 Å². The standard InChI is InChI=1S/C13H21N3O2/c1-9(2)11-12(18-10(3)14-11)13(17)16-7-5-15(4)6-8-16/h9H,5-8H2,1-4H3. The van der Waals surface area contributed by atoms with Crippen LogP contribution in [0.3, 0.4) is 0 Å². The highest BCUT2D eigenvalue weighted by atomic mass is 16.4. The van der Waals surface area contributed by atoms with Gasteiger partial charge < -0.3 is 14.2 Å². The van der Waals surface area contributed by atoms with Gasteiger partial charge in [-0.1, -0.05) is 13.8 Å². The molecule has 1 aliphatic heterocycles. The molecule has 0 radical (unpaired) electrons. The molecule has 18 heavy (non-hydrogen) atoms. The first-order valence-corrected chi connectivity index (χ1v) is 6.44. The molecule has 1 aliphatic rings. The van der Waals surface area contributed by atoms with E-state index in [4.69, 9.17) is 4.42 Å². The van der Waals surface area contributed by atoms with Crippen molar-refractivity contribution in [2.75, 3.05) is 33.2 Å². The third-order valence-electron chi connectivity index (χ3n) is 3.29. The smallest absolute Gasteiger partial charge is 0.291 e. The molecular weight excluding hydrogens is 230 g/mol. The van der Waals surface area contributed by atoms with Crippen LogP contribution < -0.4 is 0 Å². The molecule has 0 bridgehead atoms. The maximum absolute atomic E-state index is 12.4. The van der Waals surface area contributed by atoms with Crippen molar-refractivity contribution in [3.05, 3.63) is 17.3 Å². The predicted octanol–water partition coefficient (Wildman–Crippen LogP) is 1.49. The van der Waals surface area contributed by atoms with Gasteiger partial charge in [-0.15, -0.1) is 0 Å². The molecule has 0 aliphatic carbocycles. The molecule has 0 unspecified atom stereocenters. The van der Waals surface area contributed by atoms with E-state index in [2.05, 4.69) is 16.9 Å². The Labute approximate surface area is 108 Å². The minimum Gasteiger partial charge on any atom is -0.436 e. The molecule has 0 atom stereocenters. The van der Waals surface area contributed by atoms with Gasteiger partial charge in [0.15, 0.2) is 5.89 Å². The summed E-state index contributed by atoms with van der Waals surface area (Å²) in [6, 6.07) is 0. The van der Waals surface area contributed by atoms with Crippen LogP contribution in [0.2, 0.25) is 0 Å². The summed E-state index contributed by atoms with van der Waals surface area (Å²) < 4.78 is 5.50. The zero-order chi connectivity index (χ0) is 13.3. The van der Waals surface area contributed by atoms with Crippen LogP contribution in [0.15, 0.2) is 4.42 Å². The van der Waals surface area contributed by atoms with E-state index in [0.717, 1.165) is 31.9 Å². The summed E-state index contributed by atoms with van der Waals surface area (Å²) in [7, 11) is 2.07. The molecule has 2 heterocycles. The quantitative estimate of drug-likeness (QED) is 0.799. The Morgan fingerprint density at radius 3 is 2.44 bits per heavy atom. The lowest BCUT2D eigenvalue weighted by atomic mass is 10.1. The first-order chi connectivity index (χ1) is 8.49. The molecule has 5 nitrogen and oxygen atoms in total. The lowest BCUT2D eigenvalue weighted by molar-refractivity contribution is 0.0629. The molecule has 1 saturated heterocycles. The molecule has 1 amide bonds. The van der Waals surface area contributed by atoms with Crippen LogP contribution in [0, 0.1) is 6.92 Å². The van der Waals surface area contributed by atoms with Crippen LogP contribution >= 0.6 is 0 Å². The maximum Gasteiger partial charge on any atom is 0.291 e. The largest absolute Gasteiger partial charge is 0.436 e. The fraction of sp³-hybridized carbons (Fsp3) is 0.692. The lowest BCUT2D eigenvalue weighted by Crippen LogP contribution is -2.47. The first-order valence-electron chi connectivity index (χ1n) is 6.44. The number of rotatable bonds is 2. The van der Waals surface area contributed by atoms with Gasteiger partial charge in [0.2, 0.25) is 5.76 Å². The molecule has 100 valence electrons. The van der Waals surface area contributed by atoms with Crippen LogP contribution in [0.25, 0.3) is 0 Å². The van der Waals surface area contributed by atoms with Gasteiger partial charge in [0, 0.05) is 33.1 Å². The Kier molecular flexibility index (Phi) is 3.71. The summed E-state index contributed by atoms with van der Waals surface area (Å²) in [5.74, 6) is 1.17. The van der Waals surface area contributed by atoms with Gasteiger partial charge >= 0.3 is 0 Å². The van der Waals surface area contributed by atoms with Crippen molar-refractivity contribution in [2.45, 2.75) is 26.7 Å². The summed E-state index contributed by atoms with van der Waals surface area (Å²) in [5.41, 5.74) is 0.774. The number of hydrogen-bond donors (Lipinski definition) is 0. The van der Waals surface area contributed by atoms with Gasteiger partial charge in [-0.25, -0.2) is 4.98 Å². The molecule has 0 aromatic carbocycles. The number of aromatic nitrogens is 1. The Balaban J connectivity index is 2.18. The van der Waals surface area contributed by atoms with Crippen molar-refractivity contribution in [3.8, 4) is 0 Å². The van der Waals surface area contributed by atoms with Crippen LogP contribution in [0.4, 0.5) is 0 Å². The van der Waals surface area contributed by atoms with Crippen LogP contribution in [0.5, 0.6) is 0 Å². The van der Waals surface area contributed by atoms with E-state index >= 15 is 0 Å². The van der Waals surface area contributed by atoms with Crippen LogP contribution in [-0.2, 0) is 0 Å². The Morgan fingerprint density at radius 2 is 1.89 bits per heavy atom. The van der Waals surface area contributed by atoms with E-state index in [1.807, 2.05) is 18.7 Å². The lowest BCUT2D eigenvalue weighted by Gasteiger charge is -2.31. The normalized spacial score (nSPS) is 17.5. The van der Waals surface area contributed by atoms with Crippen molar-refractivity contribution in [3.63, 3.8) is 0 Å². The van der Waals surface area contributed by atoms with Gasteiger partial charge in [0.25, 0.3) is 5.91 Å². The Bertz CT molecular complexity index is 431. The highest BCUT2D eigenvalue weighted by molar-refractivity contribution is 5.92.